The Balaban J connectivity index is 1.64. The fourth-order valence-electron chi connectivity index (χ4n) is 3.65. The van der Waals surface area contributed by atoms with Gasteiger partial charge in [-0.1, -0.05) is 31.5 Å². The number of benzene rings is 1. The number of hydrogen-bond acceptors (Lipinski definition) is 6. The van der Waals surface area contributed by atoms with E-state index >= 15 is 0 Å². The Hall–Kier alpha value is -2.14. The number of hydrogen-bond donors (Lipinski definition) is 1. The second kappa shape index (κ2) is 9.99. The molecule has 3 rings (SSSR count). The second-order valence-corrected chi connectivity index (χ2v) is 10.8. The van der Waals surface area contributed by atoms with Gasteiger partial charge in [-0.15, -0.1) is 10.2 Å². The molecule has 1 amide bonds. The van der Waals surface area contributed by atoms with Crippen LogP contribution in [0.3, 0.4) is 0 Å². The summed E-state index contributed by atoms with van der Waals surface area (Å²) in [6, 6.07) is 5.43. The van der Waals surface area contributed by atoms with E-state index in [2.05, 4.69) is 22.4 Å². The number of rotatable bonds is 8. The number of amides is 1. The smallest absolute Gasteiger partial charge is 0.232 e. The zero-order chi connectivity index (χ0) is 22.6. The van der Waals surface area contributed by atoms with E-state index in [0.717, 1.165) is 29.8 Å². The lowest BCUT2D eigenvalue weighted by Crippen LogP contribution is -2.41. The maximum Gasteiger partial charge on any atom is 0.232 e. The Bertz CT molecular complexity index is 1010. The summed E-state index contributed by atoms with van der Waals surface area (Å²) in [6.45, 7) is 2.11. The Labute approximate surface area is 186 Å². The molecule has 0 saturated heterocycles. The predicted molar refractivity (Wildman–Crippen MR) is 119 cm³/mol. The summed E-state index contributed by atoms with van der Waals surface area (Å²) in [4.78, 5) is 12.4. The third kappa shape index (κ3) is 6.19. The summed E-state index contributed by atoms with van der Waals surface area (Å²) < 4.78 is 40.6. The highest BCUT2D eigenvalue weighted by Crippen LogP contribution is 2.25. The van der Waals surface area contributed by atoms with Crippen LogP contribution in [0.1, 0.15) is 38.4 Å². The van der Waals surface area contributed by atoms with E-state index in [9.17, 15) is 17.6 Å². The SMILES string of the molecule is C[C@@H]1CCCC[C@@H]1NC(=O)CSc1nnc(CN(c2ccc(F)cc2)S(C)(=O)=O)n1C. The highest BCUT2D eigenvalue weighted by molar-refractivity contribution is 7.99. The van der Waals surface area contributed by atoms with E-state index in [1.54, 1.807) is 11.6 Å². The summed E-state index contributed by atoms with van der Waals surface area (Å²) in [5.74, 6) is 0.618. The first-order valence-corrected chi connectivity index (χ1v) is 13.0. The molecule has 2 aromatic rings. The van der Waals surface area contributed by atoms with Gasteiger partial charge < -0.3 is 9.88 Å². The molecule has 1 aromatic heterocycles. The lowest BCUT2D eigenvalue weighted by atomic mass is 9.86. The van der Waals surface area contributed by atoms with Gasteiger partial charge in [0.1, 0.15) is 5.82 Å². The standard InChI is InChI=1S/C20H28FN5O3S2/c1-14-6-4-5-7-17(14)22-19(27)13-30-20-24-23-18(25(20)2)12-26(31(3,28)29)16-10-8-15(21)9-11-16/h8-11,14,17H,4-7,12-13H2,1-3H3,(H,22,27)/t14-,17+/m1/s1. The van der Waals surface area contributed by atoms with Crippen LogP contribution in [0.4, 0.5) is 10.1 Å². The van der Waals surface area contributed by atoms with Crippen molar-refractivity contribution in [2.24, 2.45) is 13.0 Å². The normalized spacial score (nSPS) is 19.2. The molecule has 11 heteroatoms. The van der Waals surface area contributed by atoms with Gasteiger partial charge >= 0.3 is 0 Å². The quantitative estimate of drug-likeness (QED) is 0.597. The maximum absolute atomic E-state index is 13.2. The number of aromatic nitrogens is 3. The van der Waals surface area contributed by atoms with Crippen molar-refractivity contribution in [2.75, 3.05) is 16.3 Å². The zero-order valence-electron chi connectivity index (χ0n) is 17.9. The van der Waals surface area contributed by atoms with E-state index in [-0.39, 0.29) is 24.2 Å². The molecule has 1 aliphatic rings. The third-order valence-corrected chi connectivity index (χ3v) is 7.68. The van der Waals surface area contributed by atoms with Gasteiger partial charge in [0, 0.05) is 13.1 Å². The van der Waals surface area contributed by atoms with E-state index < -0.39 is 15.8 Å². The van der Waals surface area contributed by atoms with Crippen LogP contribution in [0.15, 0.2) is 29.4 Å². The molecule has 31 heavy (non-hydrogen) atoms. The third-order valence-electron chi connectivity index (χ3n) is 5.52. The summed E-state index contributed by atoms with van der Waals surface area (Å²) in [5, 5.41) is 11.8. The van der Waals surface area contributed by atoms with E-state index in [1.807, 2.05) is 0 Å². The molecule has 1 aromatic carbocycles. The fourth-order valence-corrected chi connectivity index (χ4v) is 5.25. The van der Waals surface area contributed by atoms with Crippen molar-refractivity contribution in [3.05, 3.63) is 35.9 Å². The highest BCUT2D eigenvalue weighted by Gasteiger charge is 2.24. The van der Waals surface area contributed by atoms with Crippen LogP contribution in [0.5, 0.6) is 0 Å². The van der Waals surface area contributed by atoms with Crippen molar-refractivity contribution in [1.29, 1.82) is 0 Å². The number of sulfonamides is 1. The van der Waals surface area contributed by atoms with Crippen molar-refractivity contribution >= 4 is 33.4 Å². The van der Waals surface area contributed by atoms with Gasteiger partial charge in [0.15, 0.2) is 11.0 Å². The Morgan fingerprint density at radius 1 is 1.26 bits per heavy atom. The van der Waals surface area contributed by atoms with Crippen molar-refractivity contribution < 1.29 is 17.6 Å². The molecule has 1 aliphatic carbocycles. The van der Waals surface area contributed by atoms with Gasteiger partial charge in [-0.25, -0.2) is 12.8 Å². The second-order valence-electron chi connectivity index (χ2n) is 7.93. The average Bonchev–Trinajstić information content (AvgIpc) is 3.06. The maximum atomic E-state index is 13.2. The molecule has 0 spiro atoms. The van der Waals surface area contributed by atoms with Crippen LogP contribution >= 0.6 is 11.8 Å². The number of halogens is 1. The molecule has 1 fully saturated rings. The van der Waals surface area contributed by atoms with Gasteiger partial charge in [0.05, 0.1) is 24.2 Å². The van der Waals surface area contributed by atoms with Crippen molar-refractivity contribution in [3.8, 4) is 0 Å². The molecule has 0 bridgehead atoms. The monoisotopic (exact) mass is 469 g/mol. The van der Waals surface area contributed by atoms with Crippen LogP contribution in [0.25, 0.3) is 0 Å². The number of nitrogens with zero attached hydrogens (tertiary/aromatic N) is 4. The largest absolute Gasteiger partial charge is 0.352 e. The van der Waals surface area contributed by atoms with Crippen LogP contribution in [-0.4, -0.2) is 47.1 Å². The number of carbonyl (C=O) groups is 1. The molecule has 1 N–H and O–H groups in total. The fraction of sp³-hybridized carbons (Fsp3) is 0.550. The molecular weight excluding hydrogens is 441 g/mol. The minimum absolute atomic E-state index is 0.0441. The molecule has 0 aliphatic heterocycles. The lowest BCUT2D eigenvalue weighted by molar-refractivity contribution is -0.119. The Morgan fingerprint density at radius 2 is 1.94 bits per heavy atom. The van der Waals surface area contributed by atoms with E-state index in [1.165, 1.54) is 42.4 Å². The van der Waals surface area contributed by atoms with Gasteiger partial charge in [-0.3, -0.25) is 9.10 Å². The molecule has 8 nitrogen and oxygen atoms in total. The molecule has 2 atom stereocenters. The van der Waals surface area contributed by atoms with Crippen molar-refractivity contribution in [3.63, 3.8) is 0 Å². The molecule has 170 valence electrons. The van der Waals surface area contributed by atoms with Crippen LogP contribution in [-0.2, 0) is 28.4 Å². The minimum atomic E-state index is -3.63. The summed E-state index contributed by atoms with van der Waals surface area (Å²) in [6.07, 6.45) is 5.58. The summed E-state index contributed by atoms with van der Waals surface area (Å²) in [7, 11) is -1.90. The van der Waals surface area contributed by atoms with Gasteiger partial charge in [-0.2, -0.15) is 0 Å². The number of thioether (sulfide) groups is 1. The number of anilines is 1. The Kier molecular flexibility index (Phi) is 7.58. The van der Waals surface area contributed by atoms with Gasteiger partial charge in [-0.05, 0) is 43.0 Å². The first-order valence-electron chi connectivity index (χ1n) is 10.2. The lowest BCUT2D eigenvalue weighted by Gasteiger charge is -2.29. The first-order chi connectivity index (χ1) is 14.6. The van der Waals surface area contributed by atoms with Gasteiger partial charge in [0.2, 0.25) is 15.9 Å². The zero-order valence-corrected chi connectivity index (χ0v) is 19.5. The molecule has 0 unspecified atom stereocenters. The van der Waals surface area contributed by atoms with E-state index in [0.29, 0.717) is 22.6 Å². The summed E-state index contributed by atoms with van der Waals surface area (Å²) >= 11 is 1.26. The average molecular weight is 470 g/mol. The number of carbonyl (C=O) groups excluding carboxylic acids is 1. The first kappa shape index (κ1) is 23.5. The molecule has 1 saturated carbocycles. The minimum Gasteiger partial charge on any atom is -0.352 e. The topological polar surface area (TPSA) is 97.2 Å². The van der Waals surface area contributed by atoms with Crippen LogP contribution < -0.4 is 9.62 Å². The molecular formula is C20H28FN5O3S2. The highest BCUT2D eigenvalue weighted by atomic mass is 32.2. The van der Waals surface area contributed by atoms with Crippen LogP contribution in [0, 0.1) is 11.7 Å². The van der Waals surface area contributed by atoms with E-state index in [4.69, 9.17) is 0 Å². The van der Waals surface area contributed by atoms with Crippen LogP contribution in [0.2, 0.25) is 0 Å². The Morgan fingerprint density at radius 3 is 2.58 bits per heavy atom. The number of nitrogens with one attached hydrogen (secondary N) is 1. The van der Waals surface area contributed by atoms with Crippen molar-refractivity contribution in [1.82, 2.24) is 20.1 Å². The van der Waals surface area contributed by atoms with Crippen molar-refractivity contribution in [2.45, 2.75) is 50.4 Å². The van der Waals surface area contributed by atoms with Gasteiger partial charge in [0.25, 0.3) is 0 Å². The molecule has 1 heterocycles. The summed E-state index contributed by atoms with van der Waals surface area (Å²) in [5.41, 5.74) is 0.335. The predicted octanol–water partition coefficient (Wildman–Crippen LogP) is 2.71. The molecule has 0 radical (unpaired) electrons.